The van der Waals surface area contributed by atoms with Crippen LogP contribution in [0.4, 0.5) is 5.69 Å². The molecule has 106 valence electrons. The Bertz CT molecular complexity index is 396. The van der Waals surface area contributed by atoms with Crippen molar-refractivity contribution in [3.8, 4) is 0 Å². The van der Waals surface area contributed by atoms with E-state index in [1.807, 2.05) is 24.3 Å². The molecule has 0 aliphatic rings. The highest BCUT2D eigenvalue weighted by Gasteiger charge is 1.99. The topological polar surface area (TPSA) is 80.9 Å². The summed E-state index contributed by atoms with van der Waals surface area (Å²) in [6.45, 7) is 1.91. The first-order chi connectivity index (χ1) is 9.30. The predicted molar refractivity (Wildman–Crippen MR) is 76.9 cm³/mol. The molecule has 6 heteroatoms. The van der Waals surface area contributed by atoms with Crippen LogP contribution in [0.1, 0.15) is 12.0 Å². The molecule has 1 aromatic carbocycles. The van der Waals surface area contributed by atoms with Crippen molar-refractivity contribution in [1.82, 2.24) is 5.43 Å². The number of guanidine groups is 1. The maximum Gasteiger partial charge on any atom is 0.210 e. The van der Waals surface area contributed by atoms with Crippen molar-refractivity contribution in [2.75, 3.05) is 32.7 Å². The molecular weight excluding hydrogens is 244 g/mol. The minimum Gasteiger partial charge on any atom is -0.385 e. The van der Waals surface area contributed by atoms with Crippen molar-refractivity contribution in [2.24, 2.45) is 10.8 Å². The molecule has 0 saturated heterocycles. The molecule has 0 aliphatic heterocycles. The van der Waals surface area contributed by atoms with Gasteiger partial charge in [0.25, 0.3) is 0 Å². The maximum atomic E-state index is 5.43. The molecule has 0 aromatic heterocycles. The summed E-state index contributed by atoms with van der Waals surface area (Å²) in [5.41, 5.74) is 4.55. The second-order valence-corrected chi connectivity index (χ2v) is 3.98. The number of hydrazine groups is 1. The number of aliphatic imine (C=N–C) groups is 1. The molecule has 0 fully saturated rings. The zero-order valence-corrected chi connectivity index (χ0v) is 11.5. The largest absolute Gasteiger partial charge is 0.385 e. The Balaban J connectivity index is 2.56. The Kier molecular flexibility index (Phi) is 7.57. The van der Waals surface area contributed by atoms with Crippen molar-refractivity contribution in [3.05, 3.63) is 29.8 Å². The summed E-state index contributed by atoms with van der Waals surface area (Å²) in [5, 5.41) is 3.12. The van der Waals surface area contributed by atoms with E-state index in [2.05, 4.69) is 15.7 Å². The van der Waals surface area contributed by atoms with Crippen molar-refractivity contribution < 1.29 is 9.47 Å². The van der Waals surface area contributed by atoms with Crippen molar-refractivity contribution in [3.63, 3.8) is 0 Å². The number of benzene rings is 1. The van der Waals surface area contributed by atoms with Crippen LogP contribution in [0.25, 0.3) is 0 Å². The number of methoxy groups -OCH3 is 2. The summed E-state index contributed by atoms with van der Waals surface area (Å²) in [4.78, 5) is 4.31. The van der Waals surface area contributed by atoms with Gasteiger partial charge in [-0.1, -0.05) is 12.1 Å². The van der Waals surface area contributed by atoms with E-state index in [-0.39, 0.29) is 0 Å². The molecule has 0 aliphatic carbocycles. The van der Waals surface area contributed by atoms with E-state index in [1.165, 1.54) is 0 Å². The molecular formula is C13H22N4O2. The monoisotopic (exact) mass is 266 g/mol. The minimum atomic E-state index is 0.533. The average molecular weight is 266 g/mol. The van der Waals surface area contributed by atoms with Crippen LogP contribution in [-0.2, 0) is 16.1 Å². The van der Waals surface area contributed by atoms with Crippen LogP contribution in [-0.4, -0.2) is 33.3 Å². The SMILES string of the molecule is COCCCN=C(NN)Nc1cccc(COC)c1. The first-order valence-corrected chi connectivity index (χ1v) is 6.15. The summed E-state index contributed by atoms with van der Waals surface area (Å²) in [6.07, 6.45) is 0.854. The molecule has 6 nitrogen and oxygen atoms in total. The number of nitrogens with two attached hydrogens (primary N) is 1. The number of nitrogens with zero attached hydrogens (tertiary/aromatic N) is 1. The van der Waals surface area contributed by atoms with Crippen molar-refractivity contribution in [2.45, 2.75) is 13.0 Å². The fraction of sp³-hybridized carbons (Fsp3) is 0.462. The van der Waals surface area contributed by atoms with Crippen LogP contribution in [0.5, 0.6) is 0 Å². The Hall–Kier alpha value is -1.63. The average Bonchev–Trinajstić information content (AvgIpc) is 2.43. The summed E-state index contributed by atoms with van der Waals surface area (Å²) in [5.74, 6) is 5.97. The molecule has 0 spiro atoms. The van der Waals surface area contributed by atoms with E-state index in [1.54, 1.807) is 14.2 Å². The molecule has 0 heterocycles. The van der Waals surface area contributed by atoms with Gasteiger partial charge in [-0.25, -0.2) is 5.84 Å². The van der Waals surface area contributed by atoms with Crippen molar-refractivity contribution in [1.29, 1.82) is 0 Å². The van der Waals surface area contributed by atoms with E-state index in [0.29, 0.717) is 25.7 Å². The fourth-order valence-electron chi connectivity index (χ4n) is 1.56. The maximum absolute atomic E-state index is 5.43. The minimum absolute atomic E-state index is 0.533. The standard InChI is InChI=1S/C13H22N4O2/c1-18-8-4-7-15-13(17-14)16-12-6-3-5-11(9-12)10-19-2/h3,5-6,9H,4,7-8,10,14H2,1-2H3,(H2,15,16,17). The molecule has 0 atom stereocenters. The molecule has 1 aromatic rings. The summed E-state index contributed by atoms with van der Waals surface area (Å²) in [7, 11) is 3.34. The van der Waals surface area contributed by atoms with Crippen LogP contribution in [0.2, 0.25) is 0 Å². The first-order valence-electron chi connectivity index (χ1n) is 6.15. The van der Waals surface area contributed by atoms with E-state index >= 15 is 0 Å². The van der Waals surface area contributed by atoms with E-state index < -0.39 is 0 Å². The lowest BCUT2D eigenvalue weighted by Gasteiger charge is -2.10. The van der Waals surface area contributed by atoms with Gasteiger partial charge in [0.1, 0.15) is 0 Å². The highest BCUT2D eigenvalue weighted by molar-refractivity contribution is 5.93. The van der Waals surface area contributed by atoms with Gasteiger partial charge in [-0.2, -0.15) is 0 Å². The van der Waals surface area contributed by atoms with Gasteiger partial charge in [0.15, 0.2) is 0 Å². The molecule has 0 saturated carbocycles. The molecule has 0 bridgehead atoms. The number of ether oxygens (including phenoxy) is 2. The Labute approximate surface area is 114 Å². The zero-order valence-electron chi connectivity index (χ0n) is 11.5. The smallest absolute Gasteiger partial charge is 0.210 e. The zero-order chi connectivity index (χ0) is 13.9. The molecule has 0 unspecified atom stereocenters. The Morgan fingerprint density at radius 3 is 2.84 bits per heavy atom. The lowest BCUT2D eigenvalue weighted by molar-refractivity contribution is 0.185. The highest BCUT2D eigenvalue weighted by Crippen LogP contribution is 2.11. The number of hydrogen-bond acceptors (Lipinski definition) is 4. The van der Waals surface area contributed by atoms with Gasteiger partial charge in [-0.15, -0.1) is 0 Å². The highest BCUT2D eigenvalue weighted by atomic mass is 16.5. The summed E-state index contributed by atoms with van der Waals surface area (Å²) < 4.78 is 10.1. The summed E-state index contributed by atoms with van der Waals surface area (Å²) in [6, 6.07) is 7.89. The third-order valence-corrected chi connectivity index (χ3v) is 2.41. The van der Waals surface area contributed by atoms with Gasteiger partial charge in [0.2, 0.25) is 5.96 Å². The lowest BCUT2D eigenvalue weighted by atomic mass is 10.2. The van der Waals surface area contributed by atoms with Gasteiger partial charge in [-0.3, -0.25) is 10.4 Å². The van der Waals surface area contributed by atoms with Crippen molar-refractivity contribution >= 4 is 11.6 Å². The number of rotatable bonds is 7. The van der Waals surface area contributed by atoms with Gasteiger partial charge in [-0.05, 0) is 24.1 Å². The first kappa shape index (κ1) is 15.4. The quantitative estimate of drug-likeness (QED) is 0.226. The molecule has 1 rings (SSSR count). The van der Waals surface area contributed by atoms with Crippen LogP contribution in [0.3, 0.4) is 0 Å². The third-order valence-electron chi connectivity index (χ3n) is 2.41. The Morgan fingerprint density at radius 1 is 1.32 bits per heavy atom. The van der Waals surface area contributed by atoms with Gasteiger partial charge < -0.3 is 14.8 Å². The van der Waals surface area contributed by atoms with Gasteiger partial charge >= 0.3 is 0 Å². The van der Waals surface area contributed by atoms with Crippen LogP contribution in [0, 0.1) is 0 Å². The number of nitrogens with one attached hydrogen (secondary N) is 2. The lowest BCUT2D eigenvalue weighted by Crippen LogP contribution is -2.36. The fourth-order valence-corrected chi connectivity index (χ4v) is 1.56. The second kappa shape index (κ2) is 9.32. The van der Waals surface area contributed by atoms with Gasteiger partial charge in [0, 0.05) is 33.1 Å². The number of anilines is 1. The van der Waals surface area contributed by atoms with Gasteiger partial charge in [0.05, 0.1) is 6.61 Å². The normalized spacial score (nSPS) is 11.4. The Morgan fingerprint density at radius 2 is 2.16 bits per heavy atom. The molecule has 0 radical (unpaired) electrons. The molecule has 0 amide bonds. The van der Waals surface area contributed by atoms with Crippen LogP contribution >= 0.6 is 0 Å². The van der Waals surface area contributed by atoms with Crippen LogP contribution in [0.15, 0.2) is 29.3 Å². The summed E-state index contributed by atoms with van der Waals surface area (Å²) >= 11 is 0. The third kappa shape index (κ3) is 6.19. The van der Waals surface area contributed by atoms with E-state index in [9.17, 15) is 0 Å². The van der Waals surface area contributed by atoms with E-state index in [0.717, 1.165) is 17.7 Å². The number of hydrogen-bond donors (Lipinski definition) is 3. The molecule has 19 heavy (non-hydrogen) atoms. The second-order valence-electron chi connectivity index (χ2n) is 3.98. The van der Waals surface area contributed by atoms with E-state index in [4.69, 9.17) is 15.3 Å². The predicted octanol–water partition coefficient (Wildman–Crippen LogP) is 1.10. The molecule has 4 N–H and O–H groups in total. The van der Waals surface area contributed by atoms with Crippen LogP contribution < -0.4 is 16.6 Å².